The van der Waals surface area contributed by atoms with Gasteiger partial charge in [-0.15, -0.1) is 24.0 Å². The molecule has 132 valence electrons. The first-order valence-corrected chi connectivity index (χ1v) is 9.82. The first-order valence-electron chi connectivity index (χ1n) is 8.42. The summed E-state index contributed by atoms with van der Waals surface area (Å²) in [5.41, 5.74) is 1.91. The highest BCUT2D eigenvalue weighted by Gasteiger charge is 2.43. The van der Waals surface area contributed by atoms with Crippen molar-refractivity contribution in [2.45, 2.75) is 18.5 Å². The smallest absolute Gasteiger partial charge is 0.252 e. The van der Waals surface area contributed by atoms with Gasteiger partial charge in [0.2, 0.25) is 0 Å². The van der Waals surface area contributed by atoms with Crippen LogP contribution in [-0.2, 0) is 9.53 Å². The maximum Gasteiger partial charge on any atom is 0.252 e. The van der Waals surface area contributed by atoms with Crippen molar-refractivity contribution in [3.63, 3.8) is 0 Å². The third-order valence-corrected chi connectivity index (χ3v) is 6.11. The van der Waals surface area contributed by atoms with Crippen LogP contribution in [0.15, 0.2) is 41.8 Å². The Morgan fingerprint density at radius 1 is 1.12 bits per heavy atom. The lowest BCUT2D eigenvalue weighted by Gasteiger charge is -2.31. The normalized spacial score (nSPS) is 24.2. The number of rotatable bonds is 3. The van der Waals surface area contributed by atoms with Crippen LogP contribution in [-0.4, -0.2) is 43.8 Å². The average Bonchev–Trinajstić information content (AvgIpc) is 3.24. The summed E-state index contributed by atoms with van der Waals surface area (Å²) < 4.78 is 5.41. The molecule has 1 aromatic heterocycles. The fourth-order valence-corrected chi connectivity index (χ4v) is 4.81. The second kappa shape index (κ2) is 6.90. The van der Waals surface area contributed by atoms with Gasteiger partial charge in [0.05, 0.1) is 13.2 Å². The van der Waals surface area contributed by atoms with Crippen molar-refractivity contribution in [1.29, 1.82) is 0 Å². The molecule has 0 aliphatic carbocycles. The topological polar surface area (TPSA) is 36.0 Å². The van der Waals surface area contributed by atoms with Crippen LogP contribution in [0.4, 0.5) is 16.4 Å². The first-order chi connectivity index (χ1) is 12.2. The van der Waals surface area contributed by atoms with Crippen molar-refractivity contribution < 1.29 is 9.53 Å². The van der Waals surface area contributed by atoms with Crippen LogP contribution in [0, 0.1) is 0 Å². The number of carbonyl (C=O) groups excluding carboxylic acids is 1. The van der Waals surface area contributed by atoms with E-state index in [2.05, 4.69) is 34.1 Å². The molecule has 25 heavy (non-hydrogen) atoms. The molecule has 0 spiro atoms. The highest BCUT2D eigenvalue weighted by molar-refractivity contribution is 7.81. The maximum atomic E-state index is 12.7. The number of anilines is 3. The number of hydrogen-bond acceptors (Lipinski definition) is 6. The zero-order valence-electron chi connectivity index (χ0n) is 14.0. The highest BCUT2D eigenvalue weighted by atomic mass is 32.1. The molecule has 2 unspecified atom stereocenters. The SMILES string of the molecule is CC1C(=O)N(c2cccs2)C(S)N1c1ccc(N2CCOCC2)cc1. The molecule has 2 saturated heterocycles. The van der Waals surface area contributed by atoms with Gasteiger partial charge in [0.15, 0.2) is 5.50 Å². The van der Waals surface area contributed by atoms with Crippen molar-refractivity contribution in [3.05, 3.63) is 41.8 Å². The van der Waals surface area contributed by atoms with E-state index in [0.29, 0.717) is 0 Å². The van der Waals surface area contributed by atoms with E-state index in [1.807, 2.05) is 24.4 Å². The van der Waals surface area contributed by atoms with E-state index in [1.165, 1.54) is 5.69 Å². The molecule has 0 bridgehead atoms. The Morgan fingerprint density at radius 3 is 2.44 bits per heavy atom. The average molecular weight is 376 g/mol. The van der Waals surface area contributed by atoms with E-state index >= 15 is 0 Å². The molecule has 2 aliphatic rings. The van der Waals surface area contributed by atoms with Crippen molar-refractivity contribution in [1.82, 2.24) is 0 Å². The second-order valence-electron chi connectivity index (χ2n) is 6.21. The number of thiophene rings is 1. The summed E-state index contributed by atoms with van der Waals surface area (Å²) >= 11 is 6.30. The largest absolute Gasteiger partial charge is 0.378 e. The maximum absolute atomic E-state index is 12.7. The van der Waals surface area contributed by atoms with Crippen LogP contribution in [0.3, 0.4) is 0 Å². The number of hydrogen-bond donors (Lipinski definition) is 1. The highest BCUT2D eigenvalue weighted by Crippen LogP contribution is 2.36. The van der Waals surface area contributed by atoms with Gasteiger partial charge in [0.25, 0.3) is 5.91 Å². The van der Waals surface area contributed by atoms with Crippen molar-refractivity contribution >= 4 is 46.2 Å². The van der Waals surface area contributed by atoms with Crippen LogP contribution in [0.5, 0.6) is 0 Å². The Morgan fingerprint density at radius 2 is 1.80 bits per heavy atom. The molecule has 4 rings (SSSR count). The zero-order chi connectivity index (χ0) is 17.4. The lowest BCUT2D eigenvalue weighted by atomic mass is 10.2. The Labute approximate surface area is 157 Å². The molecular weight excluding hydrogens is 354 g/mol. The third-order valence-electron chi connectivity index (χ3n) is 4.76. The molecule has 0 saturated carbocycles. The molecular formula is C18H21N3O2S2. The fourth-order valence-electron chi connectivity index (χ4n) is 3.40. The molecule has 1 amide bonds. The van der Waals surface area contributed by atoms with Crippen LogP contribution in [0.2, 0.25) is 0 Å². The lowest BCUT2D eigenvalue weighted by Crippen LogP contribution is -2.37. The molecule has 0 N–H and O–H groups in total. The monoisotopic (exact) mass is 375 g/mol. The second-order valence-corrected chi connectivity index (χ2v) is 7.59. The van der Waals surface area contributed by atoms with Gasteiger partial charge in [-0.1, -0.05) is 0 Å². The van der Waals surface area contributed by atoms with Gasteiger partial charge in [-0.3, -0.25) is 9.69 Å². The van der Waals surface area contributed by atoms with Crippen LogP contribution in [0.1, 0.15) is 6.92 Å². The van der Waals surface area contributed by atoms with Gasteiger partial charge < -0.3 is 14.5 Å². The minimum absolute atomic E-state index is 0.0831. The summed E-state index contributed by atoms with van der Waals surface area (Å²) in [6, 6.07) is 12.1. The van der Waals surface area contributed by atoms with E-state index < -0.39 is 0 Å². The van der Waals surface area contributed by atoms with Crippen LogP contribution in [0.25, 0.3) is 0 Å². The molecule has 0 radical (unpaired) electrons. The molecule has 2 fully saturated rings. The predicted molar refractivity (Wildman–Crippen MR) is 106 cm³/mol. The summed E-state index contributed by atoms with van der Waals surface area (Å²) in [5.74, 6) is 0.0831. The number of amides is 1. The molecule has 7 heteroatoms. The number of benzene rings is 1. The molecule has 3 heterocycles. The number of carbonyl (C=O) groups is 1. The van der Waals surface area contributed by atoms with Gasteiger partial charge in [0.1, 0.15) is 11.0 Å². The first kappa shape index (κ1) is 16.8. The van der Waals surface area contributed by atoms with Crippen molar-refractivity contribution in [2.24, 2.45) is 0 Å². The molecule has 2 atom stereocenters. The van der Waals surface area contributed by atoms with Gasteiger partial charge in [-0.2, -0.15) is 0 Å². The summed E-state index contributed by atoms with van der Waals surface area (Å²) in [6.07, 6.45) is 0. The molecule has 2 aromatic rings. The summed E-state index contributed by atoms with van der Waals surface area (Å²) in [4.78, 5) is 18.9. The Hall–Kier alpha value is -1.70. The van der Waals surface area contributed by atoms with E-state index in [-0.39, 0.29) is 17.4 Å². The number of ether oxygens (including phenoxy) is 1. The number of morpholine rings is 1. The number of thiol groups is 1. The summed E-state index contributed by atoms with van der Waals surface area (Å²) in [5, 5.41) is 2.91. The molecule has 1 aromatic carbocycles. The fraction of sp³-hybridized carbons (Fsp3) is 0.389. The standard InChI is InChI=1S/C18H21N3O2S2/c1-13-17(22)21(16-3-2-12-25-16)18(24)20(13)15-6-4-14(5-7-15)19-8-10-23-11-9-19/h2-7,12-13,18,24H,8-11H2,1H3. The van der Waals surface area contributed by atoms with Crippen molar-refractivity contribution in [2.75, 3.05) is 41.0 Å². The van der Waals surface area contributed by atoms with Gasteiger partial charge in [-0.05, 0) is 48.7 Å². The van der Waals surface area contributed by atoms with E-state index in [0.717, 1.165) is 37.0 Å². The van der Waals surface area contributed by atoms with E-state index in [1.54, 1.807) is 16.2 Å². The van der Waals surface area contributed by atoms with Gasteiger partial charge in [-0.25, -0.2) is 0 Å². The van der Waals surface area contributed by atoms with Crippen LogP contribution < -0.4 is 14.7 Å². The summed E-state index contributed by atoms with van der Waals surface area (Å²) in [6.45, 7) is 5.31. The van der Waals surface area contributed by atoms with Crippen molar-refractivity contribution in [3.8, 4) is 0 Å². The van der Waals surface area contributed by atoms with Crippen LogP contribution >= 0.6 is 24.0 Å². The van der Waals surface area contributed by atoms with E-state index in [9.17, 15) is 4.79 Å². The minimum atomic E-state index is -0.296. The lowest BCUT2D eigenvalue weighted by molar-refractivity contribution is -0.117. The Balaban J connectivity index is 1.57. The molecule has 5 nitrogen and oxygen atoms in total. The van der Waals surface area contributed by atoms with Gasteiger partial charge in [0, 0.05) is 24.5 Å². The van der Waals surface area contributed by atoms with Gasteiger partial charge >= 0.3 is 0 Å². The van der Waals surface area contributed by atoms with E-state index in [4.69, 9.17) is 17.4 Å². The zero-order valence-corrected chi connectivity index (χ0v) is 15.7. The minimum Gasteiger partial charge on any atom is -0.378 e. The number of nitrogens with zero attached hydrogens (tertiary/aromatic N) is 3. The predicted octanol–water partition coefficient (Wildman–Crippen LogP) is 3.04. The summed E-state index contributed by atoms with van der Waals surface area (Å²) in [7, 11) is 0. The Kier molecular flexibility index (Phi) is 4.62. The Bertz CT molecular complexity index is 729. The third kappa shape index (κ3) is 3.01. The quantitative estimate of drug-likeness (QED) is 0.837. The molecule has 2 aliphatic heterocycles.